The maximum absolute atomic E-state index is 11.3. The molecule has 20 heavy (non-hydrogen) atoms. The van der Waals surface area contributed by atoms with E-state index in [0.29, 0.717) is 28.7 Å². The van der Waals surface area contributed by atoms with Crippen LogP contribution in [0.3, 0.4) is 0 Å². The first-order valence-corrected chi connectivity index (χ1v) is 6.97. The van der Waals surface area contributed by atoms with Gasteiger partial charge in [-0.05, 0) is 29.8 Å². The van der Waals surface area contributed by atoms with Gasteiger partial charge in [0.1, 0.15) is 5.75 Å². The molecule has 0 unspecified atom stereocenters. The minimum atomic E-state index is 0.245. The van der Waals surface area contributed by atoms with Crippen molar-refractivity contribution < 1.29 is 9.53 Å². The summed E-state index contributed by atoms with van der Waals surface area (Å²) < 4.78 is 5.08. The fraction of sp³-hybridized carbons (Fsp3) is 0.0714. The van der Waals surface area contributed by atoms with E-state index < -0.39 is 0 Å². The van der Waals surface area contributed by atoms with Crippen LogP contribution in [0.25, 0.3) is 11.1 Å². The topological polar surface area (TPSA) is 26.3 Å². The molecule has 0 radical (unpaired) electrons. The lowest BCUT2D eigenvalue weighted by Crippen LogP contribution is -1.93. The number of ether oxygens (including phenoxy) is 1. The third-order valence-corrected chi connectivity index (χ3v) is 4.34. The molecule has 2 rings (SSSR count). The lowest BCUT2D eigenvalue weighted by atomic mass is 10.00. The monoisotopic (exact) mass is 348 g/mol. The van der Waals surface area contributed by atoms with Crippen molar-refractivity contribution in [3.05, 3.63) is 49.9 Å². The summed E-state index contributed by atoms with van der Waals surface area (Å²) in [6.45, 7) is 0. The highest BCUT2D eigenvalue weighted by molar-refractivity contribution is 6.50. The molecule has 0 atom stereocenters. The van der Waals surface area contributed by atoms with E-state index in [-0.39, 0.29) is 20.1 Å². The van der Waals surface area contributed by atoms with Gasteiger partial charge >= 0.3 is 0 Å². The second-order valence-corrected chi connectivity index (χ2v) is 5.48. The van der Waals surface area contributed by atoms with Crippen molar-refractivity contribution in [1.82, 2.24) is 0 Å². The van der Waals surface area contributed by atoms with Gasteiger partial charge in [0.15, 0.2) is 6.29 Å². The van der Waals surface area contributed by atoms with Gasteiger partial charge in [-0.25, -0.2) is 0 Å². The third-order valence-electron chi connectivity index (χ3n) is 2.77. The minimum Gasteiger partial charge on any atom is -0.497 e. The van der Waals surface area contributed by atoms with Crippen molar-refractivity contribution in [2.45, 2.75) is 0 Å². The number of methoxy groups -OCH3 is 1. The molecule has 0 heterocycles. The van der Waals surface area contributed by atoms with Crippen molar-refractivity contribution in [2.75, 3.05) is 7.11 Å². The molecule has 2 aromatic rings. The second kappa shape index (κ2) is 6.23. The number of carbonyl (C=O) groups is 1. The lowest BCUT2D eigenvalue weighted by Gasteiger charge is -2.13. The molecular formula is C14H8Cl4O2. The van der Waals surface area contributed by atoms with Crippen LogP contribution in [0.1, 0.15) is 10.4 Å². The third kappa shape index (κ3) is 2.75. The SMILES string of the molecule is COc1ccc(-c2c(Cl)c(Cl)cc(Cl)c2Cl)c(C=O)c1. The number of halogens is 4. The molecule has 0 spiro atoms. The van der Waals surface area contributed by atoms with E-state index in [2.05, 4.69) is 0 Å². The van der Waals surface area contributed by atoms with Crippen molar-refractivity contribution >= 4 is 52.7 Å². The zero-order valence-corrected chi connectivity index (χ0v) is 13.2. The van der Waals surface area contributed by atoms with Gasteiger partial charge in [0.25, 0.3) is 0 Å². The zero-order valence-electron chi connectivity index (χ0n) is 10.2. The molecule has 2 aromatic carbocycles. The molecule has 0 amide bonds. The van der Waals surface area contributed by atoms with Crippen LogP contribution in [-0.2, 0) is 0 Å². The first-order chi connectivity index (χ1) is 9.49. The van der Waals surface area contributed by atoms with Gasteiger partial charge in [0.2, 0.25) is 0 Å². The van der Waals surface area contributed by atoms with Crippen LogP contribution in [0.5, 0.6) is 5.75 Å². The van der Waals surface area contributed by atoms with Gasteiger partial charge in [-0.3, -0.25) is 4.79 Å². The average Bonchev–Trinajstić information content (AvgIpc) is 2.45. The molecule has 0 N–H and O–H groups in total. The van der Waals surface area contributed by atoms with E-state index in [1.54, 1.807) is 18.2 Å². The Morgan fingerprint density at radius 3 is 2.10 bits per heavy atom. The molecule has 0 aliphatic carbocycles. The summed E-state index contributed by atoms with van der Waals surface area (Å²) in [5.74, 6) is 0.552. The largest absolute Gasteiger partial charge is 0.497 e. The van der Waals surface area contributed by atoms with Crippen LogP contribution in [-0.4, -0.2) is 13.4 Å². The predicted molar refractivity (Wildman–Crippen MR) is 83.9 cm³/mol. The van der Waals surface area contributed by atoms with Crippen LogP contribution in [0, 0.1) is 0 Å². The number of rotatable bonds is 3. The molecule has 0 bridgehead atoms. The normalized spacial score (nSPS) is 10.4. The van der Waals surface area contributed by atoms with Gasteiger partial charge in [-0.1, -0.05) is 46.4 Å². The van der Waals surface area contributed by atoms with Crippen molar-refractivity contribution in [3.8, 4) is 16.9 Å². The van der Waals surface area contributed by atoms with E-state index in [0.717, 1.165) is 0 Å². The minimum absolute atomic E-state index is 0.245. The maximum atomic E-state index is 11.3. The Kier molecular flexibility index (Phi) is 4.82. The van der Waals surface area contributed by atoms with Gasteiger partial charge < -0.3 is 4.74 Å². The zero-order chi connectivity index (χ0) is 14.9. The van der Waals surface area contributed by atoms with Crippen molar-refractivity contribution in [3.63, 3.8) is 0 Å². The van der Waals surface area contributed by atoms with Crippen LogP contribution in [0.4, 0.5) is 0 Å². The fourth-order valence-corrected chi connectivity index (χ4v) is 2.82. The molecule has 6 heteroatoms. The van der Waals surface area contributed by atoms with Crippen LogP contribution < -0.4 is 4.74 Å². The molecule has 0 saturated carbocycles. The lowest BCUT2D eigenvalue weighted by molar-refractivity contribution is 0.112. The number of carbonyl (C=O) groups excluding carboxylic acids is 1. The van der Waals surface area contributed by atoms with Crippen molar-refractivity contribution in [2.24, 2.45) is 0 Å². The van der Waals surface area contributed by atoms with Gasteiger partial charge in [0, 0.05) is 11.1 Å². The summed E-state index contributed by atoms with van der Waals surface area (Å²) >= 11 is 24.4. The van der Waals surface area contributed by atoms with E-state index >= 15 is 0 Å². The Hall–Kier alpha value is -0.930. The van der Waals surface area contributed by atoms with Gasteiger partial charge in [-0.2, -0.15) is 0 Å². The number of hydrogen-bond donors (Lipinski definition) is 0. The Bertz CT molecular complexity index is 657. The molecular weight excluding hydrogens is 342 g/mol. The maximum Gasteiger partial charge on any atom is 0.150 e. The van der Waals surface area contributed by atoms with Crippen molar-refractivity contribution in [1.29, 1.82) is 0 Å². The molecule has 0 aliphatic heterocycles. The Balaban J connectivity index is 2.78. The number of hydrogen-bond acceptors (Lipinski definition) is 2. The van der Waals surface area contributed by atoms with E-state index in [9.17, 15) is 4.79 Å². The summed E-state index contributed by atoms with van der Waals surface area (Å²) in [5.41, 5.74) is 1.35. The Labute approximate surface area is 136 Å². The van der Waals surface area contributed by atoms with Crippen LogP contribution >= 0.6 is 46.4 Å². The molecule has 0 aliphatic rings. The van der Waals surface area contributed by atoms with E-state index in [4.69, 9.17) is 51.1 Å². The summed E-state index contributed by atoms with van der Waals surface area (Å²) in [4.78, 5) is 11.3. The van der Waals surface area contributed by atoms with Gasteiger partial charge in [-0.15, -0.1) is 0 Å². The number of aldehydes is 1. The van der Waals surface area contributed by atoms with Crippen LogP contribution in [0.2, 0.25) is 20.1 Å². The van der Waals surface area contributed by atoms with Crippen LogP contribution in [0.15, 0.2) is 24.3 Å². The number of benzene rings is 2. The molecule has 0 saturated heterocycles. The quantitative estimate of drug-likeness (QED) is 0.518. The highest BCUT2D eigenvalue weighted by atomic mass is 35.5. The molecule has 104 valence electrons. The standard InChI is InChI=1S/C14H8Cl4O2/c1-20-8-2-3-9(7(4-8)6-19)12-13(17)10(15)5-11(16)14(12)18/h2-6H,1H3. The highest BCUT2D eigenvalue weighted by Gasteiger charge is 2.18. The highest BCUT2D eigenvalue weighted by Crippen LogP contribution is 2.44. The first kappa shape index (κ1) is 15.5. The van der Waals surface area contributed by atoms with E-state index in [1.807, 2.05) is 0 Å². The Morgan fingerprint density at radius 1 is 1.00 bits per heavy atom. The fourth-order valence-electron chi connectivity index (χ4n) is 1.80. The second-order valence-electron chi connectivity index (χ2n) is 3.91. The average molecular weight is 350 g/mol. The summed E-state index contributed by atoms with van der Waals surface area (Å²) in [6, 6.07) is 6.43. The summed E-state index contributed by atoms with van der Waals surface area (Å²) in [5, 5.41) is 1.02. The first-order valence-electron chi connectivity index (χ1n) is 5.46. The Morgan fingerprint density at radius 2 is 1.60 bits per heavy atom. The summed E-state index contributed by atoms with van der Waals surface area (Å²) in [7, 11) is 1.51. The smallest absolute Gasteiger partial charge is 0.150 e. The summed E-state index contributed by atoms with van der Waals surface area (Å²) in [6.07, 6.45) is 0.694. The molecule has 2 nitrogen and oxygen atoms in total. The molecule has 0 fully saturated rings. The van der Waals surface area contributed by atoms with E-state index in [1.165, 1.54) is 13.2 Å². The predicted octanol–water partition coefficient (Wildman–Crippen LogP) is 5.79. The van der Waals surface area contributed by atoms with Gasteiger partial charge in [0.05, 0.1) is 27.2 Å². The molecule has 0 aromatic heterocycles.